The van der Waals surface area contributed by atoms with Crippen LogP contribution >= 0.6 is 11.6 Å². The number of carbonyl (C=O) groups excluding carboxylic acids is 2. The van der Waals surface area contributed by atoms with Gasteiger partial charge in [0.25, 0.3) is 11.8 Å². The van der Waals surface area contributed by atoms with Gasteiger partial charge in [-0.15, -0.1) is 0 Å². The number of nitrogens with one attached hydrogen (secondary N) is 2. The highest BCUT2D eigenvalue weighted by molar-refractivity contribution is 6.33. The summed E-state index contributed by atoms with van der Waals surface area (Å²) in [6.45, 7) is 4.01. The van der Waals surface area contributed by atoms with Gasteiger partial charge in [0.05, 0.1) is 10.6 Å². The molecule has 3 aromatic rings. The van der Waals surface area contributed by atoms with E-state index < -0.39 is 11.8 Å². The third-order valence-electron chi connectivity index (χ3n) is 4.32. The van der Waals surface area contributed by atoms with E-state index in [0.717, 1.165) is 22.6 Å². The molecule has 1 heterocycles. The van der Waals surface area contributed by atoms with Crippen molar-refractivity contribution in [3.8, 4) is 5.69 Å². The predicted molar refractivity (Wildman–Crippen MR) is 111 cm³/mol. The van der Waals surface area contributed by atoms with Gasteiger partial charge >= 0.3 is 0 Å². The van der Waals surface area contributed by atoms with Crippen molar-refractivity contribution in [2.75, 3.05) is 0 Å². The molecule has 6 heteroatoms. The topological polar surface area (TPSA) is 63.1 Å². The predicted octanol–water partition coefficient (Wildman–Crippen LogP) is 4.22. The summed E-state index contributed by atoms with van der Waals surface area (Å²) in [5, 5.41) is 0.318. The van der Waals surface area contributed by atoms with Gasteiger partial charge in [0.2, 0.25) is 0 Å². The van der Waals surface area contributed by atoms with Gasteiger partial charge in [0, 0.05) is 23.2 Å². The Morgan fingerprint density at radius 1 is 0.964 bits per heavy atom. The molecule has 0 saturated heterocycles. The van der Waals surface area contributed by atoms with E-state index in [4.69, 9.17) is 11.6 Å². The molecule has 0 bridgehead atoms. The Morgan fingerprint density at radius 2 is 1.64 bits per heavy atom. The minimum atomic E-state index is -0.477. The van der Waals surface area contributed by atoms with E-state index in [0.29, 0.717) is 10.6 Å². The number of hydrazine groups is 1. The maximum Gasteiger partial charge on any atom is 0.271 e. The highest BCUT2D eigenvalue weighted by atomic mass is 35.5. The molecular formula is C22H20ClN3O2. The molecule has 0 atom stereocenters. The van der Waals surface area contributed by atoms with E-state index in [-0.39, 0.29) is 0 Å². The van der Waals surface area contributed by atoms with Crippen molar-refractivity contribution < 1.29 is 9.59 Å². The molecule has 0 unspecified atom stereocenters. The summed E-state index contributed by atoms with van der Waals surface area (Å²) in [6.07, 6.45) is 3.10. The van der Waals surface area contributed by atoms with E-state index in [1.807, 2.05) is 50.2 Å². The zero-order chi connectivity index (χ0) is 20.1. The van der Waals surface area contributed by atoms with Crippen molar-refractivity contribution >= 4 is 29.5 Å². The van der Waals surface area contributed by atoms with Crippen molar-refractivity contribution in [2.45, 2.75) is 13.8 Å². The highest BCUT2D eigenvalue weighted by Gasteiger charge is 2.11. The summed E-state index contributed by atoms with van der Waals surface area (Å²) in [4.78, 5) is 24.1. The largest absolute Gasteiger partial charge is 0.318 e. The van der Waals surface area contributed by atoms with Crippen LogP contribution in [0.25, 0.3) is 11.8 Å². The molecule has 0 aliphatic heterocycles. The number of hydrogen-bond acceptors (Lipinski definition) is 2. The second-order valence-corrected chi connectivity index (χ2v) is 6.66. The molecule has 0 fully saturated rings. The lowest BCUT2D eigenvalue weighted by Gasteiger charge is -2.09. The molecule has 0 saturated carbocycles. The van der Waals surface area contributed by atoms with Crippen molar-refractivity contribution in [1.82, 2.24) is 15.4 Å². The number of rotatable bonds is 4. The van der Waals surface area contributed by atoms with Gasteiger partial charge in [-0.1, -0.05) is 41.9 Å². The van der Waals surface area contributed by atoms with Crippen LogP contribution in [0.2, 0.25) is 5.02 Å². The third kappa shape index (κ3) is 4.32. The number of halogens is 1. The lowest BCUT2D eigenvalue weighted by atomic mass is 10.2. The van der Waals surface area contributed by atoms with Gasteiger partial charge in [-0.05, 0) is 55.8 Å². The van der Waals surface area contributed by atoms with Crippen LogP contribution in [0.4, 0.5) is 0 Å². The normalized spacial score (nSPS) is 10.8. The number of hydrogen-bond donors (Lipinski definition) is 2. The third-order valence-corrected chi connectivity index (χ3v) is 4.65. The second-order valence-electron chi connectivity index (χ2n) is 6.25. The Bertz CT molecular complexity index is 1040. The maximum atomic E-state index is 12.1. The van der Waals surface area contributed by atoms with Crippen molar-refractivity contribution in [2.24, 2.45) is 0 Å². The molecule has 0 radical (unpaired) electrons. The first-order valence-electron chi connectivity index (χ1n) is 8.74. The quantitative estimate of drug-likeness (QED) is 0.515. The SMILES string of the molecule is Cc1cc(/C=C/C(=O)NNC(=O)c2ccccc2Cl)c(C)n1-c1ccccc1. The van der Waals surface area contributed by atoms with Crippen molar-refractivity contribution in [1.29, 1.82) is 0 Å². The molecule has 1 aromatic heterocycles. The summed E-state index contributed by atoms with van der Waals surface area (Å²) < 4.78 is 2.12. The van der Waals surface area contributed by atoms with Gasteiger partial charge in [0.1, 0.15) is 0 Å². The van der Waals surface area contributed by atoms with Crippen LogP contribution < -0.4 is 10.9 Å². The van der Waals surface area contributed by atoms with E-state index in [1.54, 1.807) is 30.3 Å². The molecule has 2 aromatic carbocycles. The van der Waals surface area contributed by atoms with Crippen LogP contribution in [-0.2, 0) is 4.79 Å². The van der Waals surface area contributed by atoms with Crippen molar-refractivity contribution in [3.63, 3.8) is 0 Å². The summed E-state index contributed by atoms with van der Waals surface area (Å²) in [5.74, 6) is -0.917. The van der Waals surface area contributed by atoms with E-state index in [1.165, 1.54) is 6.08 Å². The standard InChI is InChI=1S/C22H20ClN3O2/c1-15-14-17(16(2)26(15)18-8-4-3-5-9-18)12-13-21(27)24-25-22(28)19-10-6-7-11-20(19)23/h3-14H,1-2H3,(H,24,27)(H,25,28)/b13-12+. The Morgan fingerprint density at radius 3 is 2.36 bits per heavy atom. The van der Waals surface area contributed by atoms with Crippen LogP contribution in [0.1, 0.15) is 27.3 Å². The number of amides is 2. The maximum absolute atomic E-state index is 12.1. The zero-order valence-electron chi connectivity index (χ0n) is 15.6. The molecule has 0 spiro atoms. The van der Waals surface area contributed by atoms with Gasteiger partial charge < -0.3 is 4.57 Å². The van der Waals surface area contributed by atoms with E-state index >= 15 is 0 Å². The molecule has 2 N–H and O–H groups in total. The fourth-order valence-electron chi connectivity index (χ4n) is 2.97. The molecule has 5 nitrogen and oxygen atoms in total. The minimum Gasteiger partial charge on any atom is -0.318 e. The number of aromatic nitrogens is 1. The second kappa shape index (κ2) is 8.59. The Hall–Kier alpha value is -3.31. The van der Waals surface area contributed by atoms with Gasteiger partial charge in [-0.25, -0.2) is 0 Å². The first kappa shape index (κ1) is 19.5. The number of para-hydroxylation sites is 1. The van der Waals surface area contributed by atoms with Crippen molar-refractivity contribution in [3.05, 3.63) is 94.3 Å². The first-order chi connectivity index (χ1) is 13.5. The lowest BCUT2D eigenvalue weighted by Crippen LogP contribution is -2.40. The number of carbonyl (C=O) groups is 2. The van der Waals surface area contributed by atoms with Crippen LogP contribution in [0.3, 0.4) is 0 Å². The monoisotopic (exact) mass is 393 g/mol. The fraction of sp³-hybridized carbons (Fsp3) is 0.0909. The number of nitrogens with zero attached hydrogens (tertiary/aromatic N) is 1. The molecule has 0 aliphatic carbocycles. The Balaban J connectivity index is 1.67. The van der Waals surface area contributed by atoms with Gasteiger partial charge in [0.15, 0.2) is 0 Å². The molecule has 2 amide bonds. The summed E-state index contributed by atoms with van der Waals surface area (Å²) >= 11 is 5.97. The smallest absolute Gasteiger partial charge is 0.271 e. The Kier molecular flexibility index (Phi) is 5.96. The van der Waals surface area contributed by atoms with Gasteiger partial charge in [-0.3, -0.25) is 20.4 Å². The molecule has 0 aliphatic rings. The van der Waals surface area contributed by atoms with Crippen LogP contribution in [0.5, 0.6) is 0 Å². The van der Waals surface area contributed by atoms with Crippen LogP contribution in [0, 0.1) is 13.8 Å². The molecule has 3 rings (SSSR count). The molecular weight excluding hydrogens is 374 g/mol. The number of aryl methyl sites for hydroxylation is 1. The molecule has 28 heavy (non-hydrogen) atoms. The summed E-state index contributed by atoms with van der Waals surface area (Å²) in [6, 6.07) is 18.6. The average molecular weight is 394 g/mol. The number of benzene rings is 2. The van der Waals surface area contributed by atoms with E-state index in [2.05, 4.69) is 15.4 Å². The summed E-state index contributed by atoms with van der Waals surface area (Å²) in [5.41, 5.74) is 9.08. The minimum absolute atomic E-state index is 0.292. The van der Waals surface area contributed by atoms with Gasteiger partial charge in [-0.2, -0.15) is 0 Å². The highest BCUT2D eigenvalue weighted by Crippen LogP contribution is 2.21. The fourth-order valence-corrected chi connectivity index (χ4v) is 3.19. The lowest BCUT2D eigenvalue weighted by molar-refractivity contribution is -0.117. The summed E-state index contributed by atoms with van der Waals surface area (Å²) in [7, 11) is 0. The van der Waals surface area contributed by atoms with Crippen LogP contribution in [0.15, 0.2) is 66.7 Å². The van der Waals surface area contributed by atoms with Crippen LogP contribution in [-0.4, -0.2) is 16.4 Å². The molecule has 142 valence electrons. The average Bonchev–Trinajstić information content (AvgIpc) is 2.98. The Labute approximate surface area is 168 Å². The van der Waals surface area contributed by atoms with E-state index in [9.17, 15) is 9.59 Å². The first-order valence-corrected chi connectivity index (χ1v) is 9.12. The zero-order valence-corrected chi connectivity index (χ0v) is 16.3.